The number of nitrogens with zero attached hydrogens (tertiary/aromatic N) is 6. The molecular weight excluding hydrogens is 342 g/mol. The summed E-state index contributed by atoms with van der Waals surface area (Å²) < 4.78 is 5.42. The minimum Gasteiger partial charge on any atom is -0.361 e. The van der Waals surface area contributed by atoms with E-state index in [-0.39, 0.29) is 0 Å². The molecule has 1 N–H and O–H groups in total. The highest BCUT2D eigenvalue weighted by Gasteiger charge is 2.28. The van der Waals surface area contributed by atoms with E-state index in [0.717, 1.165) is 67.2 Å². The molecule has 0 aliphatic heterocycles. The van der Waals surface area contributed by atoms with Crippen LogP contribution in [0.15, 0.2) is 10.6 Å². The van der Waals surface area contributed by atoms with Crippen LogP contribution in [0.4, 0.5) is 5.82 Å². The lowest BCUT2D eigenvalue weighted by Gasteiger charge is -2.26. The Bertz CT molecular complexity index is 913. The van der Waals surface area contributed by atoms with E-state index in [0.29, 0.717) is 5.82 Å². The van der Waals surface area contributed by atoms with Crippen molar-refractivity contribution in [2.24, 2.45) is 0 Å². The van der Waals surface area contributed by atoms with E-state index >= 15 is 0 Å². The predicted molar refractivity (Wildman–Crippen MR) is 102 cm³/mol. The second-order valence-electron chi connectivity index (χ2n) is 6.92. The van der Waals surface area contributed by atoms with Crippen molar-refractivity contribution in [3.8, 4) is 22.6 Å². The molecule has 0 atom stereocenters. The molecule has 0 aromatic carbocycles. The second-order valence-corrected chi connectivity index (χ2v) is 6.92. The molecule has 3 aromatic heterocycles. The lowest BCUT2D eigenvalue weighted by molar-refractivity contribution is 0.399. The molecule has 0 radical (unpaired) electrons. The van der Waals surface area contributed by atoms with Gasteiger partial charge in [-0.15, -0.1) is 5.10 Å². The maximum atomic E-state index is 5.42. The molecule has 0 unspecified atom stereocenters. The normalized spacial score (nSPS) is 14.0. The van der Waals surface area contributed by atoms with Gasteiger partial charge in [-0.3, -0.25) is 0 Å². The van der Waals surface area contributed by atoms with Crippen molar-refractivity contribution in [1.29, 1.82) is 0 Å². The van der Waals surface area contributed by atoms with Gasteiger partial charge in [0.1, 0.15) is 17.3 Å². The molecule has 0 spiro atoms. The Hall–Kier alpha value is -2.77. The molecule has 8 heteroatoms. The van der Waals surface area contributed by atoms with Crippen LogP contribution >= 0.6 is 0 Å². The van der Waals surface area contributed by atoms with E-state index in [1.807, 2.05) is 13.0 Å². The number of aromatic amines is 1. The van der Waals surface area contributed by atoms with Gasteiger partial charge in [0.05, 0.1) is 5.56 Å². The highest BCUT2D eigenvalue weighted by atomic mass is 16.5. The summed E-state index contributed by atoms with van der Waals surface area (Å²) in [5.74, 6) is 2.32. The van der Waals surface area contributed by atoms with Gasteiger partial charge in [-0.05, 0) is 62.4 Å². The first kappa shape index (κ1) is 17.6. The lowest BCUT2D eigenvalue weighted by atomic mass is 9.93. The minimum atomic E-state index is 0.618. The zero-order valence-electron chi connectivity index (χ0n) is 16.1. The van der Waals surface area contributed by atoms with Crippen molar-refractivity contribution in [3.05, 3.63) is 23.1 Å². The van der Waals surface area contributed by atoms with E-state index in [9.17, 15) is 0 Å². The van der Waals surface area contributed by atoms with Gasteiger partial charge >= 0.3 is 0 Å². The van der Waals surface area contributed by atoms with Crippen molar-refractivity contribution in [2.75, 3.05) is 18.0 Å². The molecule has 3 heterocycles. The number of pyridine rings is 1. The summed E-state index contributed by atoms with van der Waals surface area (Å²) in [6, 6.07) is 1.99. The first-order chi connectivity index (χ1) is 13.2. The quantitative estimate of drug-likeness (QED) is 0.691. The summed E-state index contributed by atoms with van der Waals surface area (Å²) >= 11 is 0. The van der Waals surface area contributed by atoms with Crippen molar-refractivity contribution < 1.29 is 4.52 Å². The third-order valence-corrected chi connectivity index (χ3v) is 5.23. The molecule has 0 fully saturated rings. The molecule has 0 amide bonds. The third-order valence-electron chi connectivity index (χ3n) is 5.23. The zero-order chi connectivity index (χ0) is 18.8. The van der Waals surface area contributed by atoms with Crippen LogP contribution in [0.1, 0.15) is 50.1 Å². The van der Waals surface area contributed by atoms with Gasteiger partial charge in [0.15, 0.2) is 5.82 Å². The Morgan fingerprint density at radius 1 is 1.11 bits per heavy atom. The number of hydrogen-bond donors (Lipinski definition) is 1. The van der Waals surface area contributed by atoms with Crippen LogP contribution in [0.25, 0.3) is 22.6 Å². The summed E-state index contributed by atoms with van der Waals surface area (Å²) in [7, 11) is 0. The maximum Gasteiger partial charge on any atom is 0.183 e. The Balaban J connectivity index is 2.07. The zero-order valence-corrected chi connectivity index (χ0v) is 16.1. The number of nitrogens with one attached hydrogen (secondary N) is 1. The van der Waals surface area contributed by atoms with Crippen LogP contribution in [-0.2, 0) is 12.8 Å². The van der Waals surface area contributed by atoms with Crippen LogP contribution < -0.4 is 4.90 Å². The predicted octanol–water partition coefficient (Wildman–Crippen LogP) is 3.34. The number of H-pyrrole nitrogens is 1. The van der Waals surface area contributed by atoms with Crippen LogP contribution in [0.5, 0.6) is 0 Å². The van der Waals surface area contributed by atoms with Crippen LogP contribution in [0, 0.1) is 6.92 Å². The van der Waals surface area contributed by atoms with Crippen molar-refractivity contribution in [2.45, 2.75) is 52.9 Å². The van der Waals surface area contributed by atoms with Gasteiger partial charge in [-0.25, -0.2) is 10.1 Å². The highest BCUT2D eigenvalue weighted by Crippen LogP contribution is 2.42. The van der Waals surface area contributed by atoms with Gasteiger partial charge in [0.2, 0.25) is 0 Å². The molecule has 1 aliphatic carbocycles. The summed E-state index contributed by atoms with van der Waals surface area (Å²) in [6.45, 7) is 7.90. The first-order valence-corrected chi connectivity index (χ1v) is 9.71. The summed E-state index contributed by atoms with van der Waals surface area (Å²) in [5.41, 5.74) is 5.22. The van der Waals surface area contributed by atoms with Crippen molar-refractivity contribution in [1.82, 2.24) is 30.8 Å². The number of fused-ring (bicyclic) bond motifs is 1. The van der Waals surface area contributed by atoms with Crippen LogP contribution in [0.3, 0.4) is 0 Å². The summed E-state index contributed by atoms with van der Waals surface area (Å²) in [6.07, 6.45) is 5.50. The number of tetrazole rings is 1. The fourth-order valence-corrected chi connectivity index (χ4v) is 3.91. The fourth-order valence-electron chi connectivity index (χ4n) is 3.91. The Kier molecular flexibility index (Phi) is 4.87. The fraction of sp³-hybridized carbons (Fsp3) is 0.526. The van der Waals surface area contributed by atoms with E-state index in [2.05, 4.69) is 44.5 Å². The lowest BCUT2D eigenvalue weighted by Crippen LogP contribution is -2.25. The second kappa shape index (κ2) is 7.46. The largest absolute Gasteiger partial charge is 0.361 e. The first-order valence-electron chi connectivity index (χ1n) is 9.71. The maximum absolute atomic E-state index is 5.42. The van der Waals surface area contributed by atoms with Gasteiger partial charge in [0.25, 0.3) is 0 Å². The average molecular weight is 367 g/mol. The van der Waals surface area contributed by atoms with E-state index in [1.54, 1.807) is 0 Å². The van der Waals surface area contributed by atoms with Crippen LogP contribution in [0.2, 0.25) is 0 Å². The van der Waals surface area contributed by atoms with E-state index < -0.39 is 0 Å². The van der Waals surface area contributed by atoms with Crippen LogP contribution in [-0.4, -0.2) is 43.9 Å². The van der Waals surface area contributed by atoms with Gasteiger partial charge in [0, 0.05) is 30.4 Å². The highest BCUT2D eigenvalue weighted by molar-refractivity contribution is 5.89. The Labute approximate surface area is 158 Å². The smallest absolute Gasteiger partial charge is 0.183 e. The molecular formula is C19H25N7O. The number of aromatic nitrogens is 6. The number of aryl methyl sites for hydroxylation is 2. The summed E-state index contributed by atoms with van der Waals surface area (Å²) in [5, 5.41) is 19.1. The molecule has 8 nitrogen and oxygen atoms in total. The average Bonchev–Trinajstić information content (AvgIpc) is 3.29. The molecule has 3 aromatic rings. The Morgan fingerprint density at radius 3 is 2.59 bits per heavy atom. The van der Waals surface area contributed by atoms with Crippen molar-refractivity contribution in [3.63, 3.8) is 0 Å². The van der Waals surface area contributed by atoms with Gasteiger partial charge in [-0.1, -0.05) is 11.6 Å². The third kappa shape index (κ3) is 3.20. The monoisotopic (exact) mass is 367 g/mol. The SMILES string of the molecule is CCN(CC)c1nc2c(c(-c3cc(C)on3)c1-c1nnn[nH]1)CCCCC2. The molecule has 27 heavy (non-hydrogen) atoms. The number of anilines is 1. The van der Waals surface area contributed by atoms with Gasteiger partial charge in [-0.2, -0.15) is 0 Å². The topological polar surface area (TPSA) is 96.6 Å². The van der Waals surface area contributed by atoms with Gasteiger partial charge < -0.3 is 9.42 Å². The molecule has 1 aliphatic rings. The Morgan fingerprint density at radius 2 is 1.93 bits per heavy atom. The minimum absolute atomic E-state index is 0.618. The molecule has 0 saturated heterocycles. The molecule has 4 rings (SSSR count). The molecule has 0 saturated carbocycles. The molecule has 0 bridgehead atoms. The molecule has 142 valence electrons. The van der Waals surface area contributed by atoms with Crippen molar-refractivity contribution >= 4 is 5.82 Å². The number of rotatable bonds is 5. The van der Waals surface area contributed by atoms with E-state index in [1.165, 1.54) is 17.7 Å². The number of hydrogen-bond acceptors (Lipinski definition) is 7. The standard InChI is InChI=1S/C19H25N7O/c1-4-26(5-2)19-17(18-21-24-25-22-18)16(15-11-12(3)27-23-15)13-9-7-6-8-10-14(13)20-19/h11H,4-10H2,1-3H3,(H,21,22,24,25). The summed E-state index contributed by atoms with van der Waals surface area (Å²) in [4.78, 5) is 7.37. The van der Waals surface area contributed by atoms with E-state index in [4.69, 9.17) is 9.51 Å².